The highest BCUT2D eigenvalue weighted by Gasteiger charge is 2.38. The van der Waals surface area contributed by atoms with E-state index in [-0.39, 0.29) is 29.3 Å². The lowest BCUT2D eigenvalue weighted by molar-refractivity contribution is -0.124. The average molecular weight is 512 g/mol. The number of fused-ring (bicyclic) bond motifs is 1. The van der Waals surface area contributed by atoms with E-state index in [2.05, 4.69) is 0 Å². The smallest absolute Gasteiger partial charge is 0.267 e. The first kappa shape index (κ1) is 24.0. The zero-order chi connectivity index (χ0) is 24.7. The van der Waals surface area contributed by atoms with E-state index in [4.69, 9.17) is 22.9 Å². The number of carbonyl (C=O) groups is 2. The first-order valence-electron chi connectivity index (χ1n) is 12.2. The van der Waals surface area contributed by atoms with Crippen LogP contribution in [0.15, 0.2) is 28.0 Å². The van der Waals surface area contributed by atoms with Gasteiger partial charge in [-0.3, -0.25) is 23.7 Å². The normalized spacial score (nSPS) is 21.5. The van der Waals surface area contributed by atoms with Gasteiger partial charge in [0.1, 0.15) is 15.8 Å². The minimum atomic E-state index is -0.293. The van der Waals surface area contributed by atoms with E-state index in [9.17, 15) is 14.4 Å². The van der Waals surface area contributed by atoms with Crippen molar-refractivity contribution in [2.24, 2.45) is 11.7 Å². The molecule has 3 aliphatic rings. The fraction of sp³-hybridized carbons (Fsp3) is 0.480. The van der Waals surface area contributed by atoms with E-state index in [1.165, 1.54) is 22.6 Å². The van der Waals surface area contributed by atoms with Crippen LogP contribution in [0.3, 0.4) is 0 Å². The number of piperidine rings is 1. The first-order valence-corrected chi connectivity index (χ1v) is 13.4. The van der Waals surface area contributed by atoms with Crippen LogP contribution in [0.25, 0.3) is 11.7 Å². The highest BCUT2D eigenvalue weighted by Crippen LogP contribution is 2.38. The lowest BCUT2D eigenvalue weighted by Gasteiger charge is -2.32. The van der Waals surface area contributed by atoms with Crippen molar-refractivity contribution in [1.82, 2.24) is 14.3 Å². The van der Waals surface area contributed by atoms with Crippen LogP contribution in [0.1, 0.15) is 56.1 Å². The Hall–Kier alpha value is -2.72. The van der Waals surface area contributed by atoms with Crippen molar-refractivity contribution in [2.45, 2.75) is 57.9 Å². The summed E-state index contributed by atoms with van der Waals surface area (Å²) in [4.78, 5) is 47.9. The molecular formula is C25H29N5O3S2. The Morgan fingerprint density at radius 1 is 1.17 bits per heavy atom. The molecule has 0 bridgehead atoms. The summed E-state index contributed by atoms with van der Waals surface area (Å²) in [6.45, 7) is 3.04. The molecule has 0 spiro atoms. The molecule has 2 N–H and O–H groups in total. The zero-order valence-corrected chi connectivity index (χ0v) is 21.4. The van der Waals surface area contributed by atoms with Crippen LogP contribution >= 0.6 is 24.0 Å². The molecule has 3 fully saturated rings. The van der Waals surface area contributed by atoms with Crippen molar-refractivity contribution in [2.75, 3.05) is 18.0 Å². The molecule has 2 saturated heterocycles. The van der Waals surface area contributed by atoms with Crippen molar-refractivity contribution < 1.29 is 9.59 Å². The number of carbonyl (C=O) groups excluding carboxylic acids is 2. The molecule has 184 valence electrons. The molecule has 0 aromatic carbocycles. The third-order valence-corrected chi connectivity index (χ3v) is 8.63. The highest BCUT2D eigenvalue weighted by atomic mass is 32.2. The third kappa shape index (κ3) is 4.49. The molecule has 2 amide bonds. The van der Waals surface area contributed by atoms with Gasteiger partial charge in [-0.05, 0) is 50.3 Å². The van der Waals surface area contributed by atoms with E-state index in [0.29, 0.717) is 52.2 Å². The number of aryl methyl sites for hydroxylation is 1. The number of thiocarbonyl (C=S) groups is 1. The molecule has 4 heterocycles. The Morgan fingerprint density at radius 3 is 2.57 bits per heavy atom. The van der Waals surface area contributed by atoms with Crippen molar-refractivity contribution >= 4 is 57.7 Å². The van der Waals surface area contributed by atoms with Crippen molar-refractivity contribution in [1.29, 1.82) is 0 Å². The fourth-order valence-electron chi connectivity index (χ4n) is 5.31. The SMILES string of the molecule is Cc1cccn2c(=O)c(/C=C3/SC(=S)N(C4CCCCC4)C3=O)c(N3CCC(C(N)=O)CC3)nc12. The number of pyridine rings is 1. The van der Waals surface area contributed by atoms with Gasteiger partial charge in [0.2, 0.25) is 5.91 Å². The number of primary amides is 1. The maximum Gasteiger partial charge on any atom is 0.267 e. The number of hydrogen-bond acceptors (Lipinski definition) is 7. The van der Waals surface area contributed by atoms with Crippen LogP contribution in [0.4, 0.5) is 5.82 Å². The number of aromatic nitrogens is 2. The second-order valence-corrected chi connectivity index (χ2v) is 11.2. The monoisotopic (exact) mass is 511 g/mol. The molecule has 10 heteroatoms. The summed E-state index contributed by atoms with van der Waals surface area (Å²) in [6, 6.07) is 3.86. The summed E-state index contributed by atoms with van der Waals surface area (Å²) in [6.07, 6.45) is 9.88. The Kier molecular flexibility index (Phi) is 6.67. The highest BCUT2D eigenvalue weighted by molar-refractivity contribution is 8.26. The van der Waals surface area contributed by atoms with Crippen molar-refractivity contribution in [3.63, 3.8) is 0 Å². The number of nitrogens with two attached hydrogens (primary N) is 1. The van der Waals surface area contributed by atoms with Gasteiger partial charge in [-0.2, -0.15) is 0 Å². The van der Waals surface area contributed by atoms with Gasteiger partial charge in [0.15, 0.2) is 0 Å². The van der Waals surface area contributed by atoms with E-state index in [1.807, 2.05) is 24.0 Å². The van der Waals surface area contributed by atoms with Gasteiger partial charge in [-0.25, -0.2) is 4.98 Å². The summed E-state index contributed by atoms with van der Waals surface area (Å²) < 4.78 is 2.09. The van der Waals surface area contributed by atoms with Gasteiger partial charge in [0, 0.05) is 31.2 Å². The molecule has 0 radical (unpaired) electrons. The zero-order valence-electron chi connectivity index (χ0n) is 19.7. The molecule has 2 aromatic rings. The minimum Gasteiger partial charge on any atom is -0.369 e. The topological polar surface area (TPSA) is 101 Å². The van der Waals surface area contributed by atoms with E-state index in [0.717, 1.165) is 31.2 Å². The van der Waals surface area contributed by atoms with Crippen LogP contribution in [0, 0.1) is 12.8 Å². The van der Waals surface area contributed by atoms with E-state index in [1.54, 1.807) is 17.2 Å². The van der Waals surface area contributed by atoms with Crippen LogP contribution in [0.2, 0.25) is 0 Å². The van der Waals surface area contributed by atoms with Crippen LogP contribution in [0.5, 0.6) is 0 Å². The number of hydrogen-bond donors (Lipinski definition) is 1. The van der Waals surface area contributed by atoms with E-state index < -0.39 is 0 Å². The largest absolute Gasteiger partial charge is 0.369 e. The molecule has 5 rings (SSSR count). The predicted molar refractivity (Wildman–Crippen MR) is 142 cm³/mol. The number of amides is 2. The molecule has 0 atom stereocenters. The van der Waals surface area contributed by atoms with Crippen molar-refractivity contribution in [3.05, 3.63) is 44.7 Å². The van der Waals surface area contributed by atoms with Crippen LogP contribution < -0.4 is 16.2 Å². The molecule has 8 nitrogen and oxygen atoms in total. The predicted octanol–water partition coefficient (Wildman–Crippen LogP) is 3.24. The Bertz CT molecular complexity index is 1290. The summed E-state index contributed by atoms with van der Waals surface area (Å²) >= 11 is 6.85. The number of rotatable bonds is 4. The van der Waals surface area contributed by atoms with Gasteiger partial charge < -0.3 is 10.6 Å². The maximum atomic E-state index is 13.7. The molecule has 1 aliphatic carbocycles. The second-order valence-electron chi connectivity index (χ2n) is 9.55. The lowest BCUT2D eigenvalue weighted by atomic mass is 9.94. The summed E-state index contributed by atoms with van der Waals surface area (Å²) in [7, 11) is 0. The van der Waals surface area contributed by atoms with Crippen molar-refractivity contribution in [3.8, 4) is 0 Å². The quantitative estimate of drug-likeness (QED) is 0.497. The van der Waals surface area contributed by atoms with Gasteiger partial charge in [0.05, 0.1) is 10.5 Å². The molecule has 0 unspecified atom stereocenters. The molecule has 2 aromatic heterocycles. The lowest BCUT2D eigenvalue weighted by Crippen LogP contribution is -2.40. The summed E-state index contributed by atoms with van der Waals surface area (Å²) in [5, 5.41) is 0. The second kappa shape index (κ2) is 9.73. The van der Waals surface area contributed by atoms with E-state index >= 15 is 0 Å². The third-order valence-electron chi connectivity index (χ3n) is 7.30. The molecule has 35 heavy (non-hydrogen) atoms. The number of nitrogens with zero attached hydrogens (tertiary/aromatic N) is 4. The number of anilines is 1. The van der Waals surface area contributed by atoms with Crippen LogP contribution in [-0.2, 0) is 9.59 Å². The van der Waals surface area contributed by atoms with Gasteiger partial charge in [0.25, 0.3) is 11.5 Å². The van der Waals surface area contributed by atoms with Gasteiger partial charge in [-0.1, -0.05) is 49.3 Å². The standard InChI is InChI=1S/C25H29N5O3S2/c1-15-6-5-11-29-21(15)27-22(28-12-9-16(10-13-28)20(26)31)18(23(29)32)14-19-24(33)30(25(34)35-19)17-7-3-2-4-8-17/h5-6,11,14,16-17H,2-4,7-10,12-13H2,1H3,(H2,26,31)/b19-14+. The molecule has 1 saturated carbocycles. The Labute approximate surface area is 213 Å². The average Bonchev–Trinajstić information content (AvgIpc) is 3.14. The number of thioether (sulfide) groups is 1. The van der Waals surface area contributed by atoms with Gasteiger partial charge in [-0.15, -0.1) is 0 Å². The Balaban J connectivity index is 1.57. The maximum absolute atomic E-state index is 13.7. The first-order chi connectivity index (χ1) is 16.8. The fourth-order valence-corrected chi connectivity index (χ4v) is 6.69. The summed E-state index contributed by atoms with van der Waals surface area (Å²) in [5.74, 6) is -0.0578. The molecular weight excluding hydrogens is 482 g/mol. The van der Waals surface area contributed by atoms with Crippen LogP contribution in [-0.4, -0.2) is 49.6 Å². The minimum absolute atomic E-state index is 0.126. The molecule has 2 aliphatic heterocycles. The van der Waals surface area contributed by atoms with Gasteiger partial charge >= 0.3 is 0 Å². The Morgan fingerprint density at radius 2 is 1.89 bits per heavy atom. The summed E-state index contributed by atoms with van der Waals surface area (Å²) in [5.41, 5.74) is 7.12.